The fourth-order valence-corrected chi connectivity index (χ4v) is 2.16. The zero-order valence-electron chi connectivity index (χ0n) is 13.6. The summed E-state index contributed by atoms with van der Waals surface area (Å²) in [6, 6.07) is 12.5. The Kier molecular flexibility index (Phi) is 6.11. The highest BCUT2D eigenvalue weighted by atomic mass is 16.5. The molecule has 0 aromatic heterocycles. The van der Waals surface area contributed by atoms with Crippen LogP contribution in [0, 0.1) is 0 Å². The normalized spacial score (nSPS) is 9.96. The summed E-state index contributed by atoms with van der Waals surface area (Å²) in [6.45, 7) is 1.82. The summed E-state index contributed by atoms with van der Waals surface area (Å²) in [5.41, 5.74) is 5.58. The lowest BCUT2D eigenvalue weighted by atomic mass is 9.98. The zero-order chi connectivity index (χ0) is 18.2. The van der Waals surface area contributed by atoms with E-state index < -0.39 is 12.0 Å². The van der Waals surface area contributed by atoms with E-state index in [0.29, 0.717) is 11.1 Å². The summed E-state index contributed by atoms with van der Waals surface area (Å²) < 4.78 is 4.65. The molecule has 0 atom stereocenters. The van der Waals surface area contributed by atoms with Crippen molar-refractivity contribution in [3.63, 3.8) is 0 Å². The van der Waals surface area contributed by atoms with Crippen LogP contribution in [0.3, 0.4) is 0 Å². The maximum Gasteiger partial charge on any atom is 0.426 e. The van der Waals surface area contributed by atoms with E-state index in [1.165, 1.54) is 24.3 Å². The number of ketones is 1. The number of hydrogen-bond donors (Lipinski definition) is 3. The number of hydrogen-bond acceptors (Lipinski definition) is 5. The number of hydrazine groups is 1. The van der Waals surface area contributed by atoms with Gasteiger partial charge in [0.1, 0.15) is 5.75 Å². The first kappa shape index (κ1) is 18.0. The smallest absolute Gasteiger partial charge is 0.426 e. The first-order chi connectivity index (χ1) is 12.0. The Balaban J connectivity index is 2.09. The lowest BCUT2D eigenvalue weighted by Gasteiger charge is -2.10. The Hall–Kier alpha value is -3.35. The molecule has 0 bridgehead atoms. The molecule has 130 valence electrons. The molecule has 0 heterocycles. The summed E-state index contributed by atoms with van der Waals surface area (Å²) in [7, 11) is 0. The van der Waals surface area contributed by atoms with Gasteiger partial charge in [-0.15, -0.1) is 0 Å². The van der Waals surface area contributed by atoms with Crippen molar-refractivity contribution < 1.29 is 24.2 Å². The molecule has 7 heteroatoms. The second-order valence-corrected chi connectivity index (χ2v) is 5.10. The van der Waals surface area contributed by atoms with E-state index in [1.807, 2.05) is 0 Å². The number of carbonyl (C=O) groups is 3. The Labute approximate surface area is 144 Å². The number of phenols is 1. The number of benzene rings is 2. The van der Waals surface area contributed by atoms with Gasteiger partial charge in [-0.3, -0.25) is 15.0 Å². The van der Waals surface area contributed by atoms with Crippen LogP contribution >= 0.6 is 0 Å². The Bertz CT molecular complexity index is 771. The van der Waals surface area contributed by atoms with Crippen LogP contribution in [0.15, 0.2) is 48.5 Å². The van der Waals surface area contributed by atoms with Crippen molar-refractivity contribution in [2.45, 2.75) is 13.3 Å². The SMILES string of the molecule is CCOC(=O)NNC(=O)c1ccccc1CC(=O)c1ccc(O)cc1. The van der Waals surface area contributed by atoms with Crippen LogP contribution in [0.25, 0.3) is 0 Å². The molecule has 0 spiro atoms. The third-order valence-electron chi connectivity index (χ3n) is 3.36. The molecule has 7 nitrogen and oxygen atoms in total. The van der Waals surface area contributed by atoms with Crippen LogP contribution in [0.4, 0.5) is 4.79 Å². The van der Waals surface area contributed by atoms with E-state index in [-0.39, 0.29) is 30.1 Å². The summed E-state index contributed by atoms with van der Waals surface area (Å²) in [6.07, 6.45) is -0.762. The number of carbonyl (C=O) groups excluding carboxylic acids is 3. The number of amides is 2. The molecule has 0 saturated carbocycles. The standard InChI is InChI=1S/C18H18N2O5/c1-2-25-18(24)20-19-17(23)15-6-4-3-5-13(15)11-16(22)12-7-9-14(21)10-8-12/h3-10,21H,2,11H2,1H3,(H,19,23)(H,20,24). The third kappa shape index (κ3) is 5.07. The number of ether oxygens (including phenoxy) is 1. The molecular weight excluding hydrogens is 324 g/mol. The van der Waals surface area contributed by atoms with Gasteiger partial charge < -0.3 is 9.84 Å². The second kappa shape index (κ2) is 8.49. The monoisotopic (exact) mass is 342 g/mol. The predicted octanol–water partition coefficient (Wildman–Crippen LogP) is 2.21. The minimum Gasteiger partial charge on any atom is -0.508 e. The van der Waals surface area contributed by atoms with Crippen molar-refractivity contribution in [3.05, 3.63) is 65.2 Å². The van der Waals surface area contributed by atoms with E-state index in [9.17, 15) is 19.5 Å². The van der Waals surface area contributed by atoms with E-state index in [0.717, 1.165) is 0 Å². The van der Waals surface area contributed by atoms with Gasteiger partial charge in [-0.1, -0.05) is 18.2 Å². The van der Waals surface area contributed by atoms with Crippen LogP contribution in [-0.4, -0.2) is 29.5 Å². The number of aromatic hydroxyl groups is 1. The van der Waals surface area contributed by atoms with Gasteiger partial charge in [0, 0.05) is 17.5 Å². The highest BCUT2D eigenvalue weighted by Crippen LogP contribution is 2.15. The fourth-order valence-electron chi connectivity index (χ4n) is 2.16. The number of nitrogens with one attached hydrogen (secondary N) is 2. The van der Waals surface area contributed by atoms with Crippen LogP contribution < -0.4 is 10.9 Å². The summed E-state index contributed by atoms with van der Waals surface area (Å²) >= 11 is 0. The zero-order valence-corrected chi connectivity index (χ0v) is 13.6. The Morgan fingerprint density at radius 2 is 1.68 bits per heavy atom. The molecule has 2 amide bonds. The summed E-state index contributed by atoms with van der Waals surface area (Å²) in [5, 5.41) is 9.28. The highest BCUT2D eigenvalue weighted by molar-refractivity contribution is 6.01. The van der Waals surface area contributed by atoms with Crippen LogP contribution in [0.1, 0.15) is 33.2 Å². The summed E-state index contributed by atoms with van der Waals surface area (Å²) in [5.74, 6) is -0.679. The Morgan fingerprint density at radius 1 is 1.00 bits per heavy atom. The van der Waals surface area contributed by atoms with Crippen molar-refractivity contribution in [2.24, 2.45) is 0 Å². The van der Waals surface area contributed by atoms with Gasteiger partial charge in [0.15, 0.2) is 5.78 Å². The van der Waals surface area contributed by atoms with Crippen LogP contribution in [0.2, 0.25) is 0 Å². The van der Waals surface area contributed by atoms with E-state index in [2.05, 4.69) is 15.6 Å². The average molecular weight is 342 g/mol. The molecule has 0 radical (unpaired) electrons. The van der Waals surface area contributed by atoms with Crippen molar-refractivity contribution in [1.82, 2.24) is 10.9 Å². The molecule has 2 rings (SSSR count). The first-order valence-corrected chi connectivity index (χ1v) is 7.64. The third-order valence-corrected chi connectivity index (χ3v) is 3.36. The van der Waals surface area contributed by atoms with Crippen LogP contribution in [-0.2, 0) is 11.2 Å². The molecule has 0 aliphatic carbocycles. The van der Waals surface area contributed by atoms with Crippen molar-refractivity contribution in [2.75, 3.05) is 6.61 Å². The van der Waals surface area contributed by atoms with E-state index in [4.69, 9.17) is 0 Å². The molecule has 0 saturated heterocycles. The Morgan fingerprint density at radius 3 is 2.36 bits per heavy atom. The number of Topliss-reactive ketones (excluding diaryl/α,β-unsaturated/α-hetero) is 1. The first-order valence-electron chi connectivity index (χ1n) is 7.64. The second-order valence-electron chi connectivity index (χ2n) is 5.10. The average Bonchev–Trinajstić information content (AvgIpc) is 2.61. The molecule has 3 N–H and O–H groups in total. The van der Waals surface area contributed by atoms with Gasteiger partial charge in [0.2, 0.25) is 0 Å². The fraction of sp³-hybridized carbons (Fsp3) is 0.167. The maximum atomic E-state index is 12.3. The largest absolute Gasteiger partial charge is 0.508 e. The van der Waals surface area contributed by atoms with Crippen molar-refractivity contribution >= 4 is 17.8 Å². The van der Waals surface area contributed by atoms with Crippen molar-refractivity contribution in [1.29, 1.82) is 0 Å². The summed E-state index contributed by atoms with van der Waals surface area (Å²) in [4.78, 5) is 35.8. The van der Waals surface area contributed by atoms with Gasteiger partial charge in [-0.2, -0.15) is 0 Å². The topological polar surface area (TPSA) is 105 Å². The molecule has 2 aromatic rings. The molecule has 25 heavy (non-hydrogen) atoms. The van der Waals surface area contributed by atoms with Crippen molar-refractivity contribution in [3.8, 4) is 5.75 Å². The predicted molar refractivity (Wildman–Crippen MR) is 90.2 cm³/mol. The van der Waals surface area contributed by atoms with Crippen LogP contribution in [0.5, 0.6) is 5.75 Å². The van der Waals surface area contributed by atoms with E-state index >= 15 is 0 Å². The molecule has 0 aliphatic rings. The van der Waals surface area contributed by atoms with Gasteiger partial charge in [-0.25, -0.2) is 10.2 Å². The lowest BCUT2D eigenvalue weighted by Crippen LogP contribution is -2.42. The molecule has 2 aromatic carbocycles. The quantitative estimate of drug-likeness (QED) is 0.571. The van der Waals surface area contributed by atoms with E-state index in [1.54, 1.807) is 31.2 Å². The molecule has 0 unspecified atom stereocenters. The molecule has 0 fully saturated rings. The minimum atomic E-state index is -0.770. The molecule has 0 aliphatic heterocycles. The molecular formula is C18H18N2O5. The minimum absolute atomic E-state index is 0.00771. The maximum absolute atomic E-state index is 12.3. The van der Waals surface area contributed by atoms with Gasteiger partial charge in [0.25, 0.3) is 5.91 Å². The van der Waals surface area contributed by atoms with Gasteiger partial charge in [0.05, 0.1) is 6.61 Å². The number of rotatable bonds is 5. The lowest BCUT2D eigenvalue weighted by molar-refractivity contribution is 0.0911. The van der Waals surface area contributed by atoms with Gasteiger partial charge >= 0.3 is 6.09 Å². The van der Waals surface area contributed by atoms with Gasteiger partial charge in [-0.05, 0) is 42.8 Å². The highest BCUT2D eigenvalue weighted by Gasteiger charge is 2.15. The number of phenolic OH excluding ortho intramolecular Hbond substituents is 1.